The highest BCUT2D eigenvalue weighted by Crippen LogP contribution is 2.21. The maximum atomic E-state index is 13.8. The zero-order valence-electron chi connectivity index (χ0n) is 15.7. The Morgan fingerprint density at radius 1 is 1.11 bits per heavy atom. The van der Waals surface area contributed by atoms with Crippen LogP contribution in [0.2, 0.25) is 0 Å². The van der Waals surface area contributed by atoms with E-state index >= 15 is 0 Å². The van der Waals surface area contributed by atoms with Crippen molar-refractivity contribution in [3.8, 4) is 0 Å². The minimum Gasteiger partial charge on any atom is -0.367 e. The topological polar surface area (TPSA) is 71.3 Å². The van der Waals surface area contributed by atoms with E-state index in [1.807, 2.05) is 19.2 Å². The maximum Gasteiger partial charge on any atom is 0.275 e. The number of hydrogen-bond acceptors (Lipinski definition) is 5. The third kappa shape index (κ3) is 3.11. The summed E-state index contributed by atoms with van der Waals surface area (Å²) in [6.45, 7) is 4.37. The zero-order valence-corrected chi connectivity index (χ0v) is 15.7. The molecule has 1 amide bonds. The zero-order chi connectivity index (χ0) is 19.8. The summed E-state index contributed by atoms with van der Waals surface area (Å²) in [5.41, 5.74) is 1.93. The molecule has 4 rings (SSSR count). The van der Waals surface area contributed by atoms with Crippen molar-refractivity contribution in [2.24, 2.45) is 7.05 Å². The molecule has 3 heterocycles. The van der Waals surface area contributed by atoms with Crippen LogP contribution in [0.15, 0.2) is 41.5 Å². The van der Waals surface area contributed by atoms with Gasteiger partial charge < -0.3 is 9.80 Å². The standard InChI is InChI=1S/C20H20FN5O2/c1-13-5-6-22-12-17(13)25-7-9-26(10-8-25)20(28)18-16-11-14(21)3-4-15(16)19(27)24(2)23-18/h3-6,11-12H,7-10H2,1-2H3. The van der Waals surface area contributed by atoms with E-state index < -0.39 is 5.82 Å². The summed E-state index contributed by atoms with van der Waals surface area (Å²) in [7, 11) is 1.49. The van der Waals surface area contributed by atoms with Crippen LogP contribution in [0.4, 0.5) is 10.1 Å². The van der Waals surface area contributed by atoms with Crippen molar-refractivity contribution in [3.05, 3.63) is 64.1 Å². The number of amides is 1. The van der Waals surface area contributed by atoms with Crippen molar-refractivity contribution in [2.75, 3.05) is 31.1 Å². The van der Waals surface area contributed by atoms with Gasteiger partial charge in [0.05, 0.1) is 17.3 Å². The van der Waals surface area contributed by atoms with E-state index in [1.54, 1.807) is 11.1 Å². The smallest absolute Gasteiger partial charge is 0.275 e. The second-order valence-corrected chi connectivity index (χ2v) is 6.91. The van der Waals surface area contributed by atoms with Gasteiger partial charge in [-0.3, -0.25) is 14.6 Å². The SMILES string of the molecule is Cc1ccncc1N1CCN(C(=O)c2nn(C)c(=O)c3ccc(F)cc23)CC1. The Labute approximate surface area is 161 Å². The van der Waals surface area contributed by atoms with Crippen LogP contribution in [-0.2, 0) is 7.05 Å². The lowest BCUT2D eigenvalue weighted by Gasteiger charge is -2.36. The van der Waals surface area contributed by atoms with Crippen LogP contribution in [0.1, 0.15) is 16.1 Å². The summed E-state index contributed by atoms with van der Waals surface area (Å²) in [6, 6.07) is 5.77. The molecule has 3 aromatic rings. The molecule has 28 heavy (non-hydrogen) atoms. The second kappa shape index (κ2) is 7.03. The first kappa shape index (κ1) is 18.1. The molecule has 0 aliphatic carbocycles. The molecule has 144 valence electrons. The van der Waals surface area contributed by atoms with E-state index in [-0.39, 0.29) is 27.9 Å². The van der Waals surface area contributed by atoms with Gasteiger partial charge in [0.25, 0.3) is 11.5 Å². The molecule has 0 N–H and O–H groups in total. The van der Waals surface area contributed by atoms with Gasteiger partial charge in [0.1, 0.15) is 5.82 Å². The average molecular weight is 381 g/mol. The van der Waals surface area contributed by atoms with Gasteiger partial charge in [-0.2, -0.15) is 5.10 Å². The van der Waals surface area contributed by atoms with E-state index in [4.69, 9.17) is 0 Å². The summed E-state index contributed by atoms with van der Waals surface area (Å²) in [5, 5.41) is 4.66. The minimum atomic E-state index is -0.506. The molecule has 7 nitrogen and oxygen atoms in total. The van der Waals surface area contributed by atoms with Crippen molar-refractivity contribution < 1.29 is 9.18 Å². The number of hydrogen-bond donors (Lipinski definition) is 0. The van der Waals surface area contributed by atoms with E-state index in [1.165, 1.54) is 25.2 Å². The Kier molecular flexibility index (Phi) is 4.54. The molecule has 0 radical (unpaired) electrons. The van der Waals surface area contributed by atoms with Gasteiger partial charge in [0, 0.05) is 44.8 Å². The Balaban J connectivity index is 1.61. The minimum absolute atomic E-state index is 0.0996. The Morgan fingerprint density at radius 2 is 1.86 bits per heavy atom. The van der Waals surface area contributed by atoms with E-state index in [9.17, 15) is 14.0 Å². The first-order valence-corrected chi connectivity index (χ1v) is 9.07. The van der Waals surface area contributed by atoms with Gasteiger partial charge in [0.2, 0.25) is 0 Å². The molecule has 0 bridgehead atoms. The normalized spacial score (nSPS) is 14.5. The van der Waals surface area contributed by atoms with Gasteiger partial charge in [-0.15, -0.1) is 0 Å². The van der Waals surface area contributed by atoms with Crippen molar-refractivity contribution >= 4 is 22.4 Å². The highest BCUT2D eigenvalue weighted by atomic mass is 19.1. The summed E-state index contributed by atoms with van der Waals surface area (Å²) < 4.78 is 14.9. The van der Waals surface area contributed by atoms with Crippen LogP contribution in [0.5, 0.6) is 0 Å². The van der Waals surface area contributed by atoms with E-state index in [0.29, 0.717) is 26.2 Å². The number of benzene rings is 1. The highest BCUT2D eigenvalue weighted by Gasteiger charge is 2.26. The van der Waals surface area contributed by atoms with Crippen molar-refractivity contribution in [1.82, 2.24) is 19.7 Å². The Morgan fingerprint density at radius 3 is 2.57 bits per heavy atom. The lowest BCUT2D eigenvalue weighted by molar-refractivity contribution is 0.0740. The summed E-state index contributed by atoms with van der Waals surface area (Å²) in [5.74, 6) is -0.803. The maximum absolute atomic E-state index is 13.8. The van der Waals surface area contributed by atoms with Crippen molar-refractivity contribution in [2.45, 2.75) is 6.92 Å². The van der Waals surface area contributed by atoms with Crippen LogP contribution in [0, 0.1) is 12.7 Å². The second-order valence-electron chi connectivity index (χ2n) is 6.91. The number of rotatable bonds is 2. The molecule has 0 spiro atoms. The lowest BCUT2D eigenvalue weighted by Crippen LogP contribution is -2.49. The fourth-order valence-corrected chi connectivity index (χ4v) is 3.57. The molecule has 0 unspecified atom stereocenters. The summed E-state index contributed by atoms with van der Waals surface area (Å²) in [6.07, 6.45) is 3.59. The van der Waals surface area contributed by atoms with Gasteiger partial charge in [0.15, 0.2) is 5.69 Å². The number of pyridine rings is 1. The van der Waals surface area contributed by atoms with Crippen LogP contribution in [0.3, 0.4) is 0 Å². The van der Waals surface area contributed by atoms with Gasteiger partial charge in [-0.25, -0.2) is 9.07 Å². The molecular formula is C20H20FN5O2. The molecule has 1 fully saturated rings. The monoisotopic (exact) mass is 381 g/mol. The molecule has 0 saturated carbocycles. The average Bonchev–Trinajstić information content (AvgIpc) is 2.70. The number of aromatic nitrogens is 3. The predicted octanol–water partition coefficient (Wildman–Crippen LogP) is 1.74. The van der Waals surface area contributed by atoms with Gasteiger partial charge >= 0.3 is 0 Å². The van der Waals surface area contributed by atoms with Crippen LogP contribution in [0.25, 0.3) is 10.8 Å². The number of halogens is 1. The quantitative estimate of drug-likeness (QED) is 0.676. The van der Waals surface area contributed by atoms with E-state index in [2.05, 4.69) is 15.0 Å². The highest BCUT2D eigenvalue weighted by molar-refractivity contribution is 6.04. The molecule has 1 saturated heterocycles. The lowest BCUT2D eigenvalue weighted by atomic mass is 10.1. The van der Waals surface area contributed by atoms with Gasteiger partial charge in [-0.05, 0) is 36.8 Å². The number of piperazine rings is 1. The first-order valence-electron chi connectivity index (χ1n) is 9.07. The number of aryl methyl sites for hydroxylation is 2. The molecule has 8 heteroatoms. The fraction of sp³-hybridized carbons (Fsp3) is 0.300. The number of anilines is 1. The number of carbonyl (C=O) groups excluding carboxylic acids is 1. The molecule has 2 aromatic heterocycles. The van der Waals surface area contributed by atoms with Gasteiger partial charge in [-0.1, -0.05) is 0 Å². The number of nitrogens with zero attached hydrogens (tertiary/aromatic N) is 5. The molecule has 0 atom stereocenters. The molecular weight excluding hydrogens is 361 g/mol. The predicted molar refractivity (Wildman–Crippen MR) is 104 cm³/mol. The van der Waals surface area contributed by atoms with Crippen LogP contribution < -0.4 is 10.5 Å². The van der Waals surface area contributed by atoms with Crippen LogP contribution >= 0.6 is 0 Å². The third-order valence-corrected chi connectivity index (χ3v) is 5.13. The number of fused-ring (bicyclic) bond motifs is 1. The van der Waals surface area contributed by atoms with Crippen LogP contribution in [-0.4, -0.2) is 51.8 Å². The third-order valence-electron chi connectivity index (χ3n) is 5.13. The largest absolute Gasteiger partial charge is 0.367 e. The molecule has 1 aliphatic rings. The van der Waals surface area contributed by atoms with E-state index in [0.717, 1.165) is 15.9 Å². The summed E-state index contributed by atoms with van der Waals surface area (Å²) in [4.78, 5) is 33.4. The number of carbonyl (C=O) groups is 1. The molecule has 1 aromatic carbocycles. The van der Waals surface area contributed by atoms with Crippen molar-refractivity contribution in [1.29, 1.82) is 0 Å². The fourth-order valence-electron chi connectivity index (χ4n) is 3.57. The summed E-state index contributed by atoms with van der Waals surface area (Å²) >= 11 is 0. The van der Waals surface area contributed by atoms with Crippen molar-refractivity contribution in [3.63, 3.8) is 0 Å². The molecule has 1 aliphatic heterocycles. The Hall–Kier alpha value is -3.29. The Bertz CT molecular complexity index is 1120. The first-order chi connectivity index (χ1) is 13.5.